The molecule has 0 heterocycles. The molecule has 2 rings (SSSR count). The van der Waals surface area contributed by atoms with Crippen LogP contribution in [0.15, 0.2) is 36.4 Å². The molecule has 0 spiro atoms. The molecule has 0 unspecified atom stereocenters. The van der Waals surface area contributed by atoms with Crippen LogP contribution < -0.4 is 15.8 Å². The first-order valence-corrected chi connectivity index (χ1v) is 7.53. The van der Waals surface area contributed by atoms with Crippen LogP contribution in [0.1, 0.15) is 29.3 Å². The van der Waals surface area contributed by atoms with Crippen molar-refractivity contribution in [3.8, 4) is 5.75 Å². The maximum absolute atomic E-state index is 12.2. The van der Waals surface area contributed by atoms with Crippen LogP contribution >= 0.6 is 0 Å². The molecule has 0 saturated heterocycles. The highest BCUT2D eigenvalue weighted by Gasteiger charge is 2.15. The first-order chi connectivity index (χ1) is 11.0. The van der Waals surface area contributed by atoms with Gasteiger partial charge in [0.25, 0.3) is 0 Å². The molecule has 3 N–H and O–H groups in total. The molecule has 5 nitrogen and oxygen atoms in total. The SMILES string of the molecule is CCCOC(=O)c1cc(N)ccc1Nc1cc(C)ccc1OC. The third-order valence-electron chi connectivity index (χ3n) is 3.33. The fourth-order valence-corrected chi connectivity index (χ4v) is 2.18. The van der Waals surface area contributed by atoms with Gasteiger partial charge in [-0.1, -0.05) is 13.0 Å². The highest BCUT2D eigenvalue weighted by Crippen LogP contribution is 2.31. The minimum Gasteiger partial charge on any atom is -0.495 e. The maximum atomic E-state index is 12.2. The van der Waals surface area contributed by atoms with E-state index in [1.807, 2.05) is 32.0 Å². The predicted molar refractivity (Wildman–Crippen MR) is 92.4 cm³/mol. The second-order valence-corrected chi connectivity index (χ2v) is 5.27. The summed E-state index contributed by atoms with van der Waals surface area (Å²) in [7, 11) is 1.61. The third-order valence-corrected chi connectivity index (χ3v) is 3.33. The van der Waals surface area contributed by atoms with Crippen molar-refractivity contribution in [1.29, 1.82) is 0 Å². The number of carbonyl (C=O) groups is 1. The van der Waals surface area contributed by atoms with Gasteiger partial charge in [0.1, 0.15) is 5.75 Å². The van der Waals surface area contributed by atoms with Crippen molar-refractivity contribution in [1.82, 2.24) is 0 Å². The average Bonchev–Trinajstić information content (AvgIpc) is 2.54. The Kier molecular flexibility index (Phi) is 5.46. The summed E-state index contributed by atoms with van der Waals surface area (Å²) >= 11 is 0. The topological polar surface area (TPSA) is 73.6 Å². The number of benzene rings is 2. The van der Waals surface area contributed by atoms with E-state index in [0.29, 0.717) is 29.3 Å². The molecule has 5 heteroatoms. The zero-order valence-electron chi connectivity index (χ0n) is 13.7. The molecule has 0 aromatic heterocycles. The van der Waals surface area contributed by atoms with Crippen LogP contribution in [-0.2, 0) is 4.74 Å². The predicted octanol–water partition coefficient (Wildman–Crippen LogP) is 3.90. The highest BCUT2D eigenvalue weighted by atomic mass is 16.5. The van der Waals surface area contributed by atoms with E-state index in [2.05, 4.69) is 5.32 Å². The molecule has 2 aromatic carbocycles. The van der Waals surface area contributed by atoms with Crippen LogP contribution in [0.25, 0.3) is 0 Å². The van der Waals surface area contributed by atoms with E-state index in [4.69, 9.17) is 15.2 Å². The van der Waals surface area contributed by atoms with Crippen LogP contribution in [-0.4, -0.2) is 19.7 Å². The van der Waals surface area contributed by atoms with Crippen LogP contribution in [0.3, 0.4) is 0 Å². The summed E-state index contributed by atoms with van der Waals surface area (Å²) in [6.07, 6.45) is 0.766. The third kappa shape index (κ3) is 4.16. The summed E-state index contributed by atoms with van der Waals surface area (Å²) in [5.74, 6) is 0.300. The number of ether oxygens (including phenoxy) is 2. The Morgan fingerprint density at radius 2 is 1.96 bits per heavy atom. The molecule has 0 aliphatic carbocycles. The molecule has 23 heavy (non-hydrogen) atoms. The number of carbonyl (C=O) groups excluding carboxylic acids is 1. The van der Waals surface area contributed by atoms with Gasteiger partial charge in [-0.25, -0.2) is 4.79 Å². The van der Waals surface area contributed by atoms with Crippen molar-refractivity contribution in [2.24, 2.45) is 0 Å². The Labute approximate surface area is 136 Å². The second-order valence-electron chi connectivity index (χ2n) is 5.27. The van der Waals surface area contributed by atoms with Gasteiger partial charge in [-0.05, 0) is 49.2 Å². The second kappa shape index (κ2) is 7.54. The lowest BCUT2D eigenvalue weighted by Crippen LogP contribution is -2.10. The van der Waals surface area contributed by atoms with E-state index in [9.17, 15) is 4.79 Å². The first-order valence-electron chi connectivity index (χ1n) is 7.53. The Morgan fingerprint density at radius 1 is 1.17 bits per heavy atom. The number of hydrogen-bond acceptors (Lipinski definition) is 5. The van der Waals surface area contributed by atoms with Gasteiger partial charge in [-0.2, -0.15) is 0 Å². The van der Waals surface area contributed by atoms with Gasteiger partial charge in [-0.15, -0.1) is 0 Å². The normalized spacial score (nSPS) is 10.2. The number of nitrogen functional groups attached to an aromatic ring is 1. The van der Waals surface area contributed by atoms with Gasteiger partial charge in [-0.3, -0.25) is 0 Å². The van der Waals surface area contributed by atoms with Crippen LogP contribution in [0.4, 0.5) is 17.1 Å². The Hall–Kier alpha value is -2.69. The summed E-state index contributed by atoms with van der Waals surface area (Å²) in [4.78, 5) is 12.2. The monoisotopic (exact) mass is 314 g/mol. The Bertz CT molecular complexity index is 699. The van der Waals surface area contributed by atoms with E-state index < -0.39 is 5.97 Å². The Morgan fingerprint density at radius 3 is 2.65 bits per heavy atom. The fourth-order valence-electron chi connectivity index (χ4n) is 2.18. The van der Waals surface area contributed by atoms with Crippen molar-refractivity contribution in [2.75, 3.05) is 24.8 Å². The zero-order valence-corrected chi connectivity index (χ0v) is 13.7. The lowest BCUT2D eigenvalue weighted by Gasteiger charge is -2.15. The summed E-state index contributed by atoms with van der Waals surface area (Å²) in [5, 5.41) is 3.24. The summed E-state index contributed by atoms with van der Waals surface area (Å²) in [6, 6.07) is 10.9. The first kappa shape index (κ1) is 16.7. The highest BCUT2D eigenvalue weighted by molar-refractivity contribution is 5.97. The lowest BCUT2D eigenvalue weighted by molar-refractivity contribution is 0.0506. The van der Waals surface area contributed by atoms with Crippen molar-refractivity contribution in [2.45, 2.75) is 20.3 Å². The van der Waals surface area contributed by atoms with Gasteiger partial charge in [0.05, 0.1) is 30.7 Å². The number of nitrogens with one attached hydrogen (secondary N) is 1. The largest absolute Gasteiger partial charge is 0.495 e. The van der Waals surface area contributed by atoms with Gasteiger partial charge in [0.2, 0.25) is 0 Å². The van der Waals surface area contributed by atoms with E-state index in [1.54, 1.807) is 25.3 Å². The molecule has 0 saturated carbocycles. The number of anilines is 3. The van der Waals surface area contributed by atoms with E-state index in [1.165, 1.54) is 0 Å². The zero-order chi connectivity index (χ0) is 16.8. The van der Waals surface area contributed by atoms with Crippen LogP contribution in [0.5, 0.6) is 5.75 Å². The standard InChI is InChI=1S/C18H22N2O3/c1-4-9-23-18(21)14-11-13(19)6-7-15(14)20-16-10-12(2)5-8-17(16)22-3/h5-8,10-11,20H,4,9,19H2,1-3H3. The molecular weight excluding hydrogens is 292 g/mol. The van der Waals surface area contributed by atoms with E-state index >= 15 is 0 Å². The van der Waals surface area contributed by atoms with E-state index in [0.717, 1.165) is 17.7 Å². The molecule has 122 valence electrons. The van der Waals surface area contributed by atoms with E-state index in [-0.39, 0.29) is 0 Å². The molecule has 0 atom stereocenters. The number of methoxy groups -OCH3 is 1. The quantitative estimate of drug-likeness (QED) is 0.625. The van der Waals surface area contributed by atoms with Crippen molar-refractivity contribution >= 4 is 23.0 Å². The Balaban J connectivity index is 2.36. The molecule has 0 aliphatic heterocycles. The van der Waals surface area contributed by atoms with Crippen LogP contribution in [0.2, 0.25) is 0 Å². The summed E-state index contributed by atoms with van der Waals surface area (Å²) < 4.78 is 10.6. The van der Waals surface area contributed by atoms with Crippen LogP contribution in [0, 0.1) is 6.92 Å². The minimum atomic E-state index is -0.395. The molecule has 0 radical (unpaired) electrons. The van der Waals surface area contributed by atoms with Gasteiger partial charge < -0.3 is 20.5 Å². The molecule has 0 fully saturated rings. The average molecular weight is 314 g/mol. The number of hydrogen-bond donors (Lipinski definition) is 2. The van der Waals surface area contributed by atoms with Gasteiger partial charge >= 0.3 is 5.97 Å². The summed E-state index contributed by atoms with van der Waals surface area (Å²) in [5.41, 5.74) is 9.21. The van der Waals surface area contributed by atoms with Gasteiger partial charge in [0.15, 0.2) is 0 Å². The van der Waals surface area contributed by atoms with Crippen molar-refractivity contribution < 1.29 is 14.3 Å². The number of esters is 1. The number of rotatable bonds is 6. The summed E-state index contributed by atoms with van der Waals surface area (Å²) in [6.45, 7) is 4.31. The molecule has 0 bridgehead atoms. The minimum absolute atomic E-state index is 0.376. The van der Waals surface area contributed by atoms with Gasteiger partial charge in [0, 0.05) is 5.69 Å². The molecule has 0 amide bonds. The lowest BCUT2D eigenvalue weighted by atomic mass is 10.1. The molecular formula is C18H22N2O3. The number of aryl methyl sites for hydroxylation is 1. The number of nitrogens with two attached hydrogens (primary N) is 1. The molecule has 2 aromatic rings. The molecule has 0 aliphatic rings. The van der Waals surface area contributed by atoms with Crippen molar-refractivity contribution in [3.05, 3.63) is 47.5 Å². The smallest absolute Gasteiger partial charge is 0.340 e. The fraction of sp³-hybridized carbons (Fsp3) is 0.278. The van der Waals surface area contributed by atoms with Crippen molar-refractivity contribution in [3.63, 3.8) is 0 Å². The maximum Gasteiger partial charge on any atom is 0.340 e.